The summed E-state index contributed by atoms with van der Waals surface area (Å²) in [6.45, 7) is 1.19. The Bertz CT molecular complexity index is 407. The normalized spacial score (nSPS) is 36.9. The number of fused-ring (bicyclic) bond motifs is 1. The number of hydrogen-bond acceptors (Lipinski definition) is 2. The van der Waals surface area contributed by atoms with Crippen LogP contribution in [0.3, 0.4) is 0 Å². The van der Waals surface area contributed by atoms with Crippen molar-refractivity contribution in [3.05, 3.63) is 0 Å². The van der Waals surface area contributed by atoms with E-state index in [1.807, 2.05) is 4.90 Å². The molecule has 0 radical (unpaired) electrons. The third kappa shape index (κ3) is 3.09. The summed E-state index contributed by atoms with van der Waals surface area (Å²) in [4.78, 5) is 26.0. The first-order chi connectivity index (χ1) is 10.2. The molecule has 2 saturated carbocycles. The molecule has 4 nitrogen and oxygen atoms in total. The Balaban J connectivity index is 1.67. The molecule has 1 saturated heterocycles. The quantitative estimate of drug-likeness (QED) is 0.851. The van der Waals surface area contributed by atoms with E-state index < -0.39 is 5.97 Å². The molecule has 1 N–H and O–H groups in total. The van der Waals surface area contributed by atoms with E-state index in [1.54, 1.807) is 0 Å². The number of nitrogens with zero attached hydrogens (tertiary/aromatic N) is 1. The fourth-order valence-corrected chi connectivity index (χ4v) is 4.86. The maximum absolute atomic E-state index is 12.9. The minimum atomic E-state index is -0.744. The van der Waals surface area contributed by atoms with E-state index in [-0.39, 0.29) is 17.7 Å². The minimum Gasteiger partial charge on any atom is -0.481 e. The van der Waals surface area contributed by atoms with Gasteiger partial charge in [0.15, 0.2) is 0 Å². The number of carbonyl (C=O) groups excluding carboxylic acids is 1. The van der Waals surface area contributed by atoms with E-state index in [4.69, 9.17) is 0 Å². The third-order valence-electron chi connectivity index (χ3n) is 5.97. The lowest BCUT2D eigenvalue weighted by atomic mass is 9.65. The van der Waals surface area contributed by atoms with Gasteiger partial charge >= 0.3 is 5.97 Å². The fourth-order valence-electron chi connectivity index (χ4n) is 4.86. The van der Waals surface area contributed by atoms with Crippen LogP contribution >= 0.6 is 0 Å². The molecule has 4 atom stereocenters. The van der Waals surface area contributed by atoms with E-state index in [1.165, 1.54) is 38.5 Å². The predicted octanol–water partition coefficient (Wildman–Crippen LogP) is 2.92. The van der Waals surface area contributed by atoms with Gasteiger partial charge in [-0.05, 0) is 37.5 Å². The molecular formula is C17H27NO3. The van der Waals surface area contributed by atoms with E-state index in [0.29, 0.717) is 12.5 Å². The number of piperidine rings is 1. The highest BCUT2D eigenvalue weighted by atomic mass is 16.4. The topological polar surface area (TPSA) is 57.6 Å². The Hall–Kier alpha value is -1.06. The van der Waals surface area contributed by atoms with Gasteiger partial charge in [0.05, 0.1) is 5.92 Å². The van der Waals surface area contributed by atoms with E-state index in [9.17, 15) is 14.7 Å². The van der Waals surface area contributed by atoms with Crippen LogP contribution < -0.4 is 0 Å². The summed E-state index contributed by atoms with van der Waals surface area (Å²) in [5.74, 6) is 0.668. The van der Waals surface area contributed by atoms with Crippen molar-refractivity contribution in [1.29, 1.82) is 0 Å². The molecule has 0 bridgehead atoms. The molecule has 2 aliphatic carbocycles. The van der Waals surface area contributed by atoms with Crippen LogP contribution in [0.25, 0.3) is 0 Å². The Labute approximate surface area is 126 Å². The predicted molar refractivity (Wildman–Crippen MR) is 79.7 cm³/mol. The maximum Gasteiger partial charge on any atom is 0.308 e. The first kappa shape index (κ1) is 14.9. The highest BCUT2D eigenvalue weighted by molar-refractivity contribution is 5.80. The van der Waals surface area contributed by atoms with Crippen LogP contribution in [0.15, 0.2) is 0 Å². The first-order valence-electron chi connectivity index (χ1n) is 8.68. The summed E-state index contributed by atoms with van der Waals surface area (Å²) < 4.78 is 0. The molecule has 21 heavy (non-hydrogen) atoms. The van der Waals surface area contributed by atoms with E-state index in [2.05, 4.69) is 0 Å². The first-order valence-corrected chi connectivity index (χ1v) is 8.68. The van der Waals surface area contributed by atoms with E-state index >= 15 is 0 Å². The van der Waals surface area contributed by atoms with Gasteiger partial charge in [-0.15, -0.1) is 0 Å². The maximum atomic E-state index is 12.9. The number of hydrogen-bond donors (Lipinski definition) is 1. The number of carboxylic acid groups (broad SMARTS) is 1. The van der Waals surface area contributed by atoms with Gasteiger partial charge in [-0.25, -0.2) is 0 Å². The monoisotopic (exact) mass is 293 g/mol. The Morgan fingerprint density at radius 3 is 2.48 bits per heavy atom. The summed E-state index contributed by atoms with van der Waals surface area (Å²) >= 11 is 0. The van der Waals surface area contributed by atoms with Gasteiger partial charge in [0, 0.05) is 19.0 Å². The van der Waals surface area contributed by atoms with Crippen molar-refractivity contribution < 1.29 is 14.7 Å². The van der Waals surface area contributed by atoms with Crippen LogP contribution in [0.2, 0.25) is 0 Å². The molecule has 4 heteroatoms. The summed E-state index contributed by atoms with van der Waals surface area (Å²) in [5, 5.41) is 9.20. The SMILES string of the molecule is O=C(O)C1CCCN(C(=O)C2CCCC3CCCCC32)C1. The summed E-state index contributed by atoms with van der Waals surface area (Å²) in [5.41, 5.74) is 0. The molecule has 1 amide bonds. The van der Waals surface area contributed by atoms with Crippen molar-refractivity contribution in [2.75, 3.05) is 13.1 Å². The van der Waals surface area contributed by atoms with Gasteiger partial charge in [-0.2, -0.15) is 0 Å². The van der Waals surface area contributed by atoms with Crippen molar-refractivity contribution in [1.82, 2.24) is 4.90 Å². The lowest BCUT2D eigenvalue weighted by Crippen LogP contribution is -2.48. The van der Waals surface area contributed by atoms with Gasteiger partial charge < -0.3 is 10.0 Å². The zero-order valence-corrected chi connectivity index (χ0v) is 12.8. The second-order valence-corrected chi connectivity index (χ2v) is 7.21. The van der Waals surface area contributed by atoms with Gasteiger partial charge in [-0.3, -0.25) is 9.59 Å². The fraction of sp³-hybridized carbons (Fsp3) is 0.882. The Morgan fingerprint density at radius 1 is 0.905 bits per heavy atom. The standard InChI is InChI=1S/C17H27NO3/c19-16(18-10-4-7-13(11-18)17(20)21)15-9-3-6-12-5-1-2-8-14(12)15/h12-15H,1-11H2,(H,20,21). The molecule has 1 aliphatic heterocycles. The van der Waals surface area contributed by atoms with Crippen LogP contribution in [0, 0.1) is 23.7 Å². The molecule has 3 fully saturated rings. The molecule has 0 aromatic rings. The van der Waals surface area contributed by atoms with Crippen LogP contribution in [-0.4, -0.2) is 35.0 Å². The van der Waals surface area contributed by atoms with Crippen molar-refractivity contribution in [2.24, 2.45) is 23.7 Å². The van der Waals surface area contributed by atoms with Gasteiger partial charge in [0.1, 0.15) is 0 Å². The molecular weight excluding hydrogens is 266 g/mol. The number of carboxylic acids is 1. The smallest absolute Gasteiger partial charge is 0.308 e. The van der Waals surface area contributed by atoms with Crippen LogP contribution in [0.1, 0.15) is 57.8 Å². The second kappa shape index (κ2) is 6.37. The van der Waals surface area contributed by atoms with Gasteiger partial charge in [0.2, 0.25) is 5.91 Å². The van der Waals surface area contributed by atoms with Crippen LogP contribution in [-0.2, 0) is 9.59 Å². The molecule has 118 valence electrons. The number of likely N-dealkylation sites (tertiary alicyclic amines) is 1. The number of rotatable bonds is 2. The van der Waals surface area contributed by atoms with Crippen molar-refractivity contribution in [2.45, 2.75) is 57.8 Å². The lowest BCUT2D eigenvalue weighted by molar-refractivity contribution is -0.148. The Kier molecular flexibility index (Phi) is 4.51. The zero-order chi connectivity index (χ0) is 14.8. The van der Waals surface area contributed by atoms with Gasteiger partial charge in [0.25, 0.3) is 0 Å². The summed E-state index contributed by atoms with van der Waals surface area (Å²) in [6, 6.07) is 0. The average molecular weight is 293 g/mol. The van der Waals surface area contributed by atoms with Crippen molar-refractivity contribution in [3.8, 4) is 0 Å². The largest absolute Gasteiger partial charge is 0.481 e. The van der Waals surface area contributed by atoms with Crippen LogP contribution in [0.4, 0.5) is 0 Å². The number of amides is 1. The zero-order valence-electron chi connectivity index (χ0n) is 12.8. The second-order valence-electron chi connectivity index (χ2n) is 7.21. The minimum absolute atomic E-state index is 0.177. The molecule has 0 aromatic carbocycles. The Morgan fingerprint density at radius 2 is 1.67 bits per heavy atom. The molecule has 4 unspecified atom stereocenters. The van der Waals surface area contributed by atoms with Crippen LogP contribution in [0.5, 0.6) is 0 Å². The van der Waals surface area contributed by atoms with Crippen molar-refractivity contribution >= 4 is 11.9 Å². The third-order valence-corrected chi connectivity index (χ3v) is 5.97. The highest BCUT2D eigenvalue weighted by Gasteiger charge is 2.41. The molecule has 1 heterocycles. The lowest BCUT2D eigenvalue weighted by Gasteiger charge is -2.43. The number of aliphatic carboxylic acids is 1. The molecule has 0 spiro atoms. The van der Waals surface area contributed by atoms with E-state index in [0.717, 1.165) is 31.7 Å². The molecule has 3 aliphatic rings. The highest BCUT2D eigenvalue weighted by Crippen LogP contribution is 2.44. The summed E-state index contributed by atoms with van der Waals surface area (Å²) in [6.07, 6.45) is 10.1. The molecule has 3 rings (SSSR count). The van der Waals surface area contributed by atoms with Crippen molar-refractivity contribution in [3.63, 3.8) is 0 Å². The molecule has 0 aromatic heterocycles. The summed E-state index contributed by atoms with van der Waals surface area (Å²) in [7, 11) is 0. The van der Waals surface area contributed by atoms with Gasteiger partial charge in [-0.1, -0.05) is 32.1 Å². The number of carbonyl (C=O) groups is 2. The average Bonchev–Trinajstić information content (AvgIpc) is 2.53.